The molecule has 28 heavy (non-hydrogen) atoms. The van der Waals surface area contributed by atoms with Gasteiger partial charge in [-0.3, -0.25) is 19.2 Å². The van der Waals surface area contributed by atoms with Crippen molar-refractivity contribution in [1.29, 1.82) is 0 Å². The second kappa shape index (κ2) is 9.39. The average molecular weight is 395 g/mol. The molecule has 158 valence electrons. The molecule has 5 unspecified atom stereocenters. The zero-order valence-corrected chi connectivity index (χ0v) is 17.6. The van der Waals surface area contributed by atoms with Crippen LogP contribution >= 0.6 is 0 Å². The van der Waals surface area contributed by atoms with Crippen LogP contribution < -0.4 is 16.0 Å². The Hall–Kier alpha value is -2.12. The lowest BCUT2D eigenvalue weighted by Gasteiger charge is -2.33. The highest BCUT2D eigenvalue weighted by Crippen LogP contribution is 2.21. The standard InChI is InChI=1S/C20H34N4O4/c1-6-12(4)16-19(27)21-13(5)17(25)22-14(10-11(2)3)20(28)24-9-7-8-15(24)18(26)23-16/h11-16H,6-10H2,1-5H3,(H,21,27)(H,22,25)(H,23,26). The van der Waals surface area contributed by atoms with E-state index in [1.807, 2.05) is 27.7 Å². The molecule has 8 heteroatoms. The van der Waals surface area contributed by atoms with E-state index < -0.39 is 30.1 Å². The molecule has 2 aliphatic heterocycles. The number of carbonyl (C=O) groups is 4. The summed E-state index contributed by atoms with van der Waals surface area (Å²) in [6.07, 6.45) is 2.46. The Kier molecular flexibility index (Phi) is 7.43. The van der Waals surface area contributed by atoms with Gasteiger partial charge in [0.1, 0.15) is 24.2 Å². The first-order valence-electron chi connectivity index (χ1n) is 10.4. The largest absolute Gasteiger partial charge is 0.343 e. The SMILES string of the molecule is CCC(C)C1NC(=O)C2CCCN2C(=O)C(CC(C)C)NC(=O)C(C)NC1=O. The Bertz CT molecular complexity index is 621. The van der Waals surface area contributed by atoms with E-state index in [-0.39, 0.29) is 29.6 Å². The molecule has 4 amide bonds. The third kappa shape index (κ3) is 5.02. The van der Waals surface area contributed by atoms with Gasteiger partial charge in [-0.15, -0.1) is 0 Å². The van der Waals surface area contributed by atoms with E-state index in [0.29, 0.717) is 25.8 Å². The lowest BCUT2D eigenvalue weighted by atomic mass is 9.97. The van der Waals surface area contributed by atoms with E-state index in [2.05, 4.69) is 16.0 Å². The highest BCUT2D eigenvalue weighted by molar-refractivity contribution is 5.97. The minimum absolute atomic E-state index is 0.0959. The van der Waals surface area contributed by atoms with E-state index in [9.17, 15) is 19.2 Å². The van der Waals surface area contributed by atoms with Crippen molar-refractivity contribution in [2.24, 2.45) is 11.8 Å². The summed E-state index contributed by atoms with van der Waals surface area (Å²) in [4.78, 5) is 53.1. The number of nitrogens with zero attached hydrogens (tertiary/aromatic N) is 1. The fourth-order valence-electron chi connectivity index (χ4n) is 3.81. The highest BCUT2D eigenvalue weighted by Gasteiger charge is 2.40. The van der Waals surface area contributed by atoms with Gasteiger partial charge in [0.15, 0.2) is 0 Å². The van der Waals surface area contributed by atoms with E-state index in [1.54, 1.807) is 11.8 Å². The summed E-state index contributed by atoms with van der Waals surface area (Å²) >= 11 is 0. The molecule has 5 atom stereocenters. The van der Waals surface area contributed by atoms with Gasteiger partial charge in [-0.2, -0.15) is 0 Å². The van der Waals surface area contributed by atoms with E-state index in [4.69, 9.17) is 0 Å². The molecule has 2 aliphatic rings. The molecule has 0 radical (unpaired) electrons. The van der Waals surface area contributed by atoms with Crippen LogP contribution in [0.3, 0.4) is 0 Å². The normalized spacial score (nSPS) is 30.7. The minimum atomic E-state index is -0.799. The fraction of sp³-hybridized carbons (Fsp3) is 0.800. The van der Waals surface area contributed by atoms with Crippen LogP contribution in [0.15, 0.2) is 0 Å². The van der Waals surface area contributed by atoms with Crippen LogP contribution in [-0.2, 0) is 19.2 Å². The molecule has 2 rings (SSSR count). The zero-order chi connectivity index (χ0) is 21.0. The van der Waals surface area contributed by atoms with Crippen LogP contribution in [-0.4, -0.2) is 59.2 Å². The molecular formula is C20H34N4O4. The molecule has 0 aromatic rings. The number of carbonyl (C=O) groups excluding carboxylic acids is 4. The molecule has 0 saturated carbocycles. The maximum absolute atomic E-state index is 13.2. The van der Waals surface area contributed by atoms with Crippen molar-refractivity contribution in [3.05, 3.63) is 0 Å². The molecule has 0 aromatic carbocycles. The van der Waals surface area contributed by atoms with E-state index in [1.165, 1.54) is 0 Å². The third-order valence-corrected chi connectivity index (χ3v) is 5.71. The summed E-state index contributed by atoms with van der Waals surface area (Å²) in [5, 5.41) is 8.33. The van der Waals surface area contributed by atoms with Gasteiger partial charge in [0.2, 0.25) is 23.6 Å². The van der Waals surface area contributed by atoms with Gasteiger partial charge in [0.05, 0.1) is 0 Å². The van der Waals surface area contributed by atoms with Crippen molar-refractivity contribution in [1.82, 2.24) is 20.9 Å². The average Bonchev–Trinajstić information content (AvgIpc) is 3.12. The van der Waals surface area contributed by atoms with E-state index >= 15 is 0 Å². The van der Waals surface area contributed by atoms with Crippen LogP contribution in [0, 0.1) is 11.8 Å². The second-order valence-corrected chi connectivity index (χ2v) is 8.48. The smallest absolute Gasteiger partial charge is 0.245 e. The molecule has 2 fully saturated rings. The third-order valence-electron chi connectivity index (χ3n) is 5.71. The number of hydrogen-bond acceptors (Lipinski definition) is 4. The molecule has 0 aromatic heterocycles. The molecule has 8 nitrogen and oxygen atoms in total. The number of hydrogen-bond donors (Lipinski definition) is 3. The Morgan fingerprint density at radius 1 is 1.00 bits per heavy atom. The van der Waals surface area contributed by atoms with Gasteiger partial charge in [0.25, 0.3) is 0 Å². The molecule has 2 saturated heterocycles. The molecular weight excluding hydrogens is 360 g/mol. The quantitative estimate of drug-likeness (QED) is 0.647. The van der Waals surface area contributed by atoms with Crippen LogP contribution in [0.4, 0.5) is 0 Å². The molecule has 0 spiro atoms. The van der Waals surface area contributed by atoms with Crippen LogP contribution in [0.2, 0.25) is 0 Å². The Labute approximate surface area is 167 Å². The fourth-order valence-corrected chi connectivity index (χ4v) is 3.81. The maximum Gasteiger partial charge on any atom is 0.245 e. The molecule has 3 N–H and O–H groups in total. The van der Waals surface area contributed by atoms with Crippen molar-refractivity contribution in [2.75, 3.05) is 6.54 Å². The summed E-state index contributed by atoms with van der Waals surface area (Å²) in [6.45, 7) is 9.86. The van der Waals surface area contributed by atoms with Crippen LogP contribution in [0.1, 0.15) is 60.3 Å². The predicted molar refractivity (Wildman–Crippen MR) is 105 cm³/mol. The summed E-state index contributed by atoms with van der Waals surface area (Å²) < 4.78 is 0. The molecule has 0 bridgehead atoms. The minimum Gasteiger partial charge on any atom is -0.343 e. The molecule has 0 aliphatic carbocycles. The van der Waals surface area contributed by atoms with Gasteiger partial charge >= 0.3 is 0 Å². The first kappa shape index (κ1) is 22.2. The molecule has 2 heterocycles. The maximum atomic E-state index is 13.2. The van der Waals surface area contributed by atoms with Crippen LogP contribution in [0.25, 0.3) is 0 Å². The summed E-state index contributed by atoms with van der Waals surface area (Å²) in [5.41, 5.74) is 0. The first-order valence-corrected chi connectivity index (χ1v) is 10.4. The number of amides is 4. The van der Waals surface area contributed by atoms with Gasteiger partial charge in [-0.1, -0.05) is 34.1 Å². The Morgan fingerprint density at radius 2 is 1.68 bits per heavy atom. The van der Waals surface area contributed by atoms with E-state index in [0.717, 1.165) is 6.42 Å². The highest BCUT2D eigenvalue weighted by atomic mass is 16.2. The van der Waals surface area contributed by atoms with Crippen molar-refractivity contribution in [2.45, 2.75) is 84.5 Å². The predicted octanol–water partition coefficient (Wildman–Crippen LogP) is 0.558. The van der Waals surface area contributed by atoms with Crippen molar-refractivity contribution < 1.29 is 19.2 Å². The topological polar surface area (TPSA) is 108 Å². The first-order chi connectivity index (χ1) is 13.1. The number of rotatable bonds is 4. The van der Waals surface area contributed by atoms with Gasteiger partial charge in [0, 0.05) is 6.54 Å². The zero-order valence-electron chi connectivity index (χ0n) is 17.6. The van der Waals surface area contributed by atoms with Crippen LogP contribution in [0.5, 0.6) is 0 Å². The van der Waals surface area contributed by atoms with Gasteiger partial charge < -0.3 is 20.9 Å². The Morgan fingerprint density at radius 3 is 2.29 bits per heavy atom. The summed E-state index contributed by atoms with van der Waals surface area (Å²) in [6, 6.07) is -2.84. The van der Waals surface area contributed by atoms with Crippen molar-refractivity contribution in [3.63, 3.8) is 0 Å². The monoisotopic (exact) mass is 394 g/mol. The number of nitrogens with one attached hydrogen (secondary N) is 3. The lowest BCUT2D eigenvalue weighted by Crippen LogP contribution is -2.61. The second-order valence-electron chi connectivity index (χ2n) is 8.48. The van der Waals surface area contributed by atoms with Crippen molar-refractivity contribution >= 4 is 23.6 Å². The van der Waals surface area contributed by atoms with Crippen molar-refractivity contribution in [3.8, 4) is 0 Å². The number of fused-ring (bicyclic) bond motifs is 1. The Balaban J connectivity index is 2.37. The summed E-state index contributed by atoms with van der Waals surface area (Å²) in [7, 11) is 0. The van der Waals surface area contributed by atoms with Gasteiger partial charge in [-0.05, 0) is 38.0 Å². The summed E-state index contributed by atoms with van der Waals surface area (Å²) in [5.74, 6) is -1.19. The van der Waals surface area contributed by atoms with Gasteiger partial charge in [-0.25, -0.2) is 0 Å². The lowest BCUT2D eigenvalue weighted by molar-refractivity contribution is -0.144.